The van der Waals surface area contributed by atoms with Gasteiger partial charge in [0.05, 0.1) is 22.8 Å². The number of benzene rings is 1. The van der Waals surface area contributed by atoms with E-state index in [1.165, 1.54) is 17.7 Å². The average Bonchev–Trinajstić information content (AvgIpc) is 2.93. The highest BCUT2D eigenvalue weighted by molar-refractivity contribution is 7.16. The number of ether oxygens (including phenoxy) is 1. The highest BCUT2D eigenvalue weighted by Crippen LogP contribution is 2.36. The van der Waals surface area contributed by atoms with Crippen molar-refractivity contribution < 1.29 is 14.3 Å². The summed E-state index contributed by atoms with van der Waals surface area (Å²) in [5, 5.41) is 13.1. The summed E-state index contributed by atoms with van der Waals surface area (Å²) in [5.41, 5.74) is 1.72. The molecule has 0 saturated heterocycles. The SMILES string of the molecule is N#Cc1c(NC(=O)COC(=O)Cn2cnc3ccccc3c2=O)sc2c1CCCCC2. The number of anilines is 1. The average molecular weight is 436 g/mol. The maximum Gasteiger partial charge on any atom is 0.326 e. The highest BCUT2D eigenvalue weighted by Gasteiger charge is 2.21. The third-order valence-corrected chi connectivity index (χ3v) is 6.39. The van der Waals surface area contributed by atoms with E-state index in [-0.39, 0.29) is 12.1 Å². The summed E-state index contributed by atoms with van der Waals surface area (Å²) < 4.78 is 6.17. The van der Waals surface area contributed by atoms with Crippen molar-refractivity contribution in [2.75, 3.05) is 11.9 Å². The minimum atomic E-state index is -0.725. The molecule has 158 valence electrons. The minimum Gasteiger partial charge on any atom is -0.454 e. The van der Waals surface area contributed by atoms with Crippen LogP contribution in [0.5, 0.6) is 0 Å². The number of nitrogens with zero attached hydrogens (tertiary/aromatic N) is 3. The number of rotatable bonds is 5. The van der Waals surface area contributed by atoms with Gasteiger partial charge in [-0.3, -0.25) is 19.0 Å². The second-order valence-corrected chi connectivity index (χ2v) is 8.39. The van der Waals surface area contributed by atoms with Crippen LogP contribution < -0.4 is 10.9 Å². The standard InChI is InChI=1S/C22H20N4O4S/c23-10-16-14-6-2-1-3-9-18(14)31-21(16)25-19(27)12-30-20(28)11-26-13-24-17-8-5-4-7-15(17)22(26)29/h4-5,7-8,13H,1-3,6,9,11-12H2,(H,25,27). The Labute approximate surface area is 182 Å². The molecular weight excluding hydrogens is 416 g/mol. The Kier molecular flexibility index (Phi) is 6.09. The first-order chi connectivity index (χ1) is 15.1. The number of nitriles is 1. The van der Waals surface area contributed by atoms with Crippen LogP contribution in [0.15, 0.2) is 35.4 Å². The number of esters is 1. The Balaban J connectivity index is 1.37. The zero-order valence-corrected chi connectivity index (χ0v) is 17.5. The summed E-state index contributed by atoms with van der Waals surface area (Å²) >= 11 is 1.42. The van der Waals surface area contributed by atoms with Crippen molar-refractivity contribution in [1.82, 2.24) is 9.55 Å². The number of amides is 1. The molecule has 0 atom stereocenters. The fraction of sp³-hybridized carbons (Fsp3) is 0.318. The van der Waals surface area contributed by atoms with Crippen LogP contribution in [0.1, 0.15) is 35.3 Å². The van der Waals surface area contributed by atoms with Gasteiger partial charge < -0.3 is 10.1 Å². The lowest BCUT2D eigenvalue weighted by Crippen LogP contribution is -2.28. The number of aromatic nitrogens is 2. The molecule has 0 radical (unpaired) electrons. The molecule has 0 saturated carbocycles. The third-order valence-electron chi connectivity index (χ3n) is 5.18. The molecule has 31 heavy (non-hydrogen) atoms. The number of nitrogens with one attached hydrogen (secondary N) is 1. The summed E-state index contributed by atoms with van der Waals surface area (Å²) in [6, 6.07) is 9.04. The molecule has 0 spiro atoms. The van der Waals surface area contributed by atoms with Crippen LogP contribution in [-0.4, -0.2) is 28.0 Å². The van der Waals surface area contributed by atoms with E-state index < -0.39 is 18.5 Å². The Hall–Kier alpha value is -3.51. The Bertz CT molecular complexity index is 1250. The number of hydrogen-bond donors (Lipinski definition) is 1. The molecule has 9 heteroatoms. The van der Waals surface area contributed by atoms with E-state index in [2.05, 4.69) is 16.4 Å². The van der Waals surface area contributed by atoms with Gasteiger partial charge in [0.1, 0.15) is 17.6 Å². The molecular formula is C22H20N4O4S. The third kappa shape index (κ3) is 4.49. The molecule has 1 aliphatic carbocycles. The molecule has 3 aromatic rings. The second-order valence-electron chi connectivity index (χ2n) is 7.28. The van der Waals surface area contributed by atoms with Crippen molar-refractivity contribution in [1.29, 1.82) is 5.26 Å². The van der Waals surface area contributed by atoms with Crippen molar-refractivity contribution in [2.45, 2.75) is 38.6 Å². The lowest BCUT2D eigenvalue weighted by Gasteiger charge is -2.08. The largest absolute Gasteiger partial charge is 0.454 e. The van der Waals surface area contributed by atoms with Gasteiger partial charge >= 0.3 is 5.97 Å². The van der Waals surface area contributed by atoms with E-state index in [1.807, 2.05) is 0 Å². The first kappa shape index (κ1) is 20.8. The van der Waals surface area contributed by atoms with Gasteiger partial charge in [-0.15, -0.1) is 11.3 Å². The summed E-state index contributed by atoms with van der Waals surface area (Å²) in [6.45, 7) is -0.845. The van der Waals surface area contributed by atoms with Gasteiger partial charge in [-0.1, -0.05) is 18.6 Å². The first-order valence-electron chi connectivity index (χ1n) is 10.0. The number of para-hydroxylation sites is 1. The number of fused-ring (bicyclic) bond motifs is 2. The van der Waals surface area contributed by atoms with Crippen molar-refractivity contribution in [3.05, 3.63) is 57.0 Å². The van der Waals surface area contributed by atoms with Crippen LogP contribution in [-0.2, 0) is 33.7 Å². The van der Waals surface area contributed by atoms with Gasteiger partial charge in [-0.25, -0.2) is 4.98 Å². The van der Waals surface area contributed by atoms with Gasteiger partial charge in [0.15, 0.2) is 6.61 Å². The molecule has 1 amide bonds. The molecule has 2 aromatic heterocycles. The molecule has 0 unspecified atom stereocenters. The topological polar surface area (TPSA) is 114 Å². The van der Waals surface area contributed by atoms with E-state index in [0.29, 0.717) is 21.5 Å². The zero-order valence-electron chi connectivity index (χ0n) is 16.7. The quantitative estimate of drug-likeness (QED) is 0.486. The Morgan fingerprint density at radius 1 is 1.23 bits per heavy atom. The van der Waals surface area contributed by atoms with Gasteiger partial charge in [0.25, 0.3) is 11.5 Å². The molecule has 1 N–H and O–H groups in total. The van der Waals surface area contributed by atoms with E-state index in [0.717, 1.165) is 47.1 Å². The Morgan fingerprint density at radius 2 is 2.03 bits per heavy atom. The van der Waals surface area contributed by atoms with Crippen LogP contribution >= 0.6 is 11.3 Å². The van der Waals surface area contributed by atoms with Crippen LogP contribution in [0, 0.1) is 11.3 Å². The first-order valence-corrected chi connectivity index (χ1v) is 10.8. The van der Waals surface area contributed by atoms with Crippen LogP contribution in [0.2, 0.25) is 0 Å². The highest BCUT2D eigenvalue weighted by atomic mass is 32.1. The number of thiophene rings is 1. The molecule has 0 bridgehead atoms. The van der Waals surface area contributed by atoms with Gasteiger partial charge in [-0.05, 0) is 43.4 Å². The molecule has 1 aliphatic rings. The summed E-state index contributed by atoms with van der Waals surface area (Å²) in [5.74, 6) is -1.25. The molecule has 2 heterocycles. The van der Waals surface area contributed by atoms with E-state index in [1.54, 1.807) is 24.3 Å². The number of hydrogen-bond acceptors (Lipinski definition) is 7. The maximum atomic E-state index is 12.4. The number of aryl methyl sites for hydroxylation is 1. The summed E-state index contributed by atoms with van der Waals surface area (Å²) in [4.78, 5) is 42.2. The van der Waals surface area contributed by atoms with Crippen molar-refractivity contribution in [3.63, 3.8) is 0 Å². The predicted octanol–water partition coefficient (Wildman–Crippen LogP) is 2.78. The predicted molar refractivity (Wildman–Crippen MR) is 116 cm³/mol. The van der Waals surface area contributed by atoms with Crippen molar-refractivity contribution in [2.24, 2.45) is 0 Å². The summed E-state index contributed by atoms with van der Waals surface area (Å²) in [7, 11) is 0. The number of carbonyl (C=O) groups excluding carboxylic acids is 2. The van der Waals surface area contributed by atoms with Crippen LogP contribution in [0.3, 0.4) is 0 Å². The van der Waals surface area contributed by atoms with Gasteiger partial charge in [0.2, 0.25) is 0 Å². The molecule has 0 aliphatic heterocycles. The molecule has 1 aromatic carbocycles. The Morgan fingerprint density at radius 3 is 2.87 bits per heavy atom. The lowest BCUT2D eigenvalue weighted by atomic mass is 10.1. The van der Waals surface area contributed by atoms with Crippen molar-refractivity contribution in [3.8, 4) is 6.07 Å². The number of carbonyl (C=O) groups is 2. The molecule has 8 nitrogen and oxygen atoms in total. The van der Waals surface area contributed by atoms with Crippen LogP contribution in [0.25, 0.3) is 10.9 Å². The van der Waals surface area contributed by atoms with Gasteiger partial charge in [0, 0.05) is 4.88 Å². The lowest BCUT2D eigenvalue weighted by molar-refractivity contribution is -0.147. The summed E-state index contributed by atoms with van der Waals surface area (Å²) in [6.07, 6.45) is 6.28. The fourth-order valence-corrected chi connectivity index (χ4v) is 4.92. The van der Waals surface area contributed by atoms with Gasteiger partial charge in [-0.2, -0.15) is 5.26 Å². The van der Waals surface area contributed by atoms with Crippen molar-refractivity contribution >= 4 is 39.1 Å². The van der Waals surface area contributed by atoms with E-state index in [4.69, 9.17) is 4.74 Å². The monoisotopic (exact) mass is 436 g/mol. The molecule has 4 rings (SSSR count). The normalized spacial score (nSPS) is 13.1. The van der Waals surface area contributed by atoms with E-state index in [9.17, 15) is 19.6 Å². The smallest absolute Gasteiger partial charge is 0.326 e. The fourth-order valence-electron chi connectivity index (χ4n) is 3.66. The molecule has 0 fully saturated rings. The van der Waals surface area contributed by atoms with E-state index >= 15 is 0 Å². The van der Waals surface area contributed by atoms with Crippen LogP contribution in [0.4, 0.5) is 5.00 Å². The zero-order chi connectivity index (χ0) is 21.8. The minimum absolute atomic E-state index is 0.347. The maximum absolute atomic E-state index is 12.4. The second kappa shape index (κ2) is 9.10.